The van der Waals surface area contributed by atoms with E-state index in [9.17, 15) is 30.0 Å². The topological polar surface area (TPSA) is 110 Å². The van der Waals surface area contributed by atoms with Gasteiger partial charge in [0.2, 0.25) is 0 Å². The number of hydrogen-bond acceptors (Lipinski definition) is 5. The van der Waals surface area contributed by atoms with Gasteiger partial charge in [-0.15, -0.1) is 9.66 Å². The van der Waals surface area contributed by atoms with Crippen LogP contribution < -0.4 is 9.66 Å². The van der Waals surface area contributed by atoms with Gasteiger partial charge in [-0.3, -0.25) is 4.68 Å². The molecule has 8 nitrogen and oxygen atoms in total. The molecule has 0 aliphatic heterocycles. The zero-order chi connectivity index (χ0) is 18.2. The second kappa shape index (κ2) is 6.16. The van der Waals surface area contributed by atoms with Gasteiger partial charge in [-0.05, 0) is 18.2 Å². The summed E-state index contributed by atoms with van der Waals surface area (Å²) in [6, 6.07) is 2.88. The van der Waals surface area contributed by atoms with Crippen molar-refractivity contribution in [3.8, 4) is 0 Å². The predicted octanol–water partition coefficient (Wildman–Crippen LogP) is 0.611. The summed E-state index contributed by atoms with van der Waals surface area (Å²) in [6.45, 7) is 0. The fraction of sp³-hybridized carbons (Fsp3) is 0.182. The number of nitrogens with zero attached hydrogens (tertiary/aromatic N) is 2. The quantitative estimate of drug-likeness (QED) is 0.734. The van der Waals surface area contributed by atoms with Crippen LogP contribution in [0.2, 0.25) is 0 Å². The Balaban J connectivity index is 2.23. The van der Waals surface area contributed by atoms with Gasteiger partial charge in [-0.2, -0.15) is 18.3 Å². The Morgan fingerprint density at radius 3 is 2.12 bits per heavy atom. The van der Waals surface area contributed by atoms with E-state index in [1.165, 1.54) is 16.6 Å². The molecule has 0 saturated carbocycles. The Kier molecular flexibility index (Phi) is 4.72. The van der Waals surface area contributed by atoms with Crippen molar-refractivity contribution in [3.63, 3.8) is 0 Å². The first-order valence-electron chi connectivity index (χ1n) is 6.11. The Labute approximate surface area is 135 Å². The number of benzene rings is 1. The van der Waals surface area contributed by atoms with Crippen LogP contribution in [0.5, 0.6) is 0 Å². The highest BCUT2D eigenvalue weighted by atomic mass is 32.2. The van der Waals surface area contributed by atoms with Gasteiger partial charge in [0, 0.05) is 13.2 Å². The maximum absolute atomic E-state index is 12.6. The minimum Gasteiger partial charge on any atom is -0.274 e. The molecule has 0 aliphatic carbocycles. The number of nitrogens with one attached hydrogen (secondary N) is 2. The van der Waals surface area contributed by atoms with E-state index in [0.717, 1.165) is 24.5 Å². The van der Waals surface area contributed by atoms with Gasteiger partial charge in [0.25, 0.3) is 20.0 Å². The second-order valence-corrected chi connectivity index (χ2v) is 7.95. The Hall–Kier alpha value is -1.96. The lowest BCUT2D eigenvalue weighted by Crippen LogP contribution is -2.41. The number of sulfonamides is 2. The van der Waals surface area contributed by atoms with Crippen LogP contribution in [0.3, 0.4) is 0 Å². The SMILES string of the molecule is Cn1cc(S(=O)(=O)NNS(=O)(=O)c2cccc(C(F)(F)F)c2)cn1. The molecule has 0 unspecified atom stereocenters. The molecule has 1 aromatic heterocycles. The van der Waals surface area contributed by atoms with Crippen LogP contribution in [0.25, 0.3) is 0 Å². The van der Waals surface area contributed by atoms with E-state index in [0.29, 0.717) is 12.1 Å². The predicted molar refractivity (Wildman–Crippen MR) is 75.3 cm³/mol. The van der Waals surface area contributed by atoms with Gasteiger partial charge in [-0.25, -0.2) is 16.8 Å². The van der Waals surface area contributed by atoms with Crippen LogP contribution in [-0.2, 0) is 33.3 Å². The standard InChI is InChI=1S/C11H11F3N4O4S2/c1-18-7-10(6-15-18)24(21,22)17-16-23(19,20)9-4-2-3-8(5-9)11(12,13)14/h2-7,16-17H,1H3. The normalized spacial score (nSPS) is 13.2. The molecule has 2 N–H and O–H groups in total. The molecule has 0 amide bonds. The number of hydrogen-bond donors (Lipinski definition) is 2. The molecule has 0 bridgehead atoms. The molecule has 0 aliphatic rings. The van der Waals surface area contributed by atoms with Gasteiger partial charge >= 0.3 is 6.18 Å². The number of hydrazine groups is 1. The van der Waals surface area contributed by atoms with Gasteiger partial charge in [0.1, 0.15) is 4.90 Å². The summed E-state index contributed by atoms with van der Waals surface area (Å²) in [5.41, 5.74) is -1.18. The highest BCUT2D eigenvalue weighted by Crippen LogP contribution is 2.30. The Bertz CT molecular complexity index is 952. The van der Waals surface area contributed by atoms with Crippen molar-refractivity contribution in [2.24, 2.45) is 7.05 Å². The molecule has 13 heteroatoms. The summed E-state index contributed by atoms with van der Waals surface area (Å²) in [7, 11) is -7.36. The van der Waals surface area contributed by atoms with E-state index in [2.05, 4.69) is 5.10 Å². The zero-order valence-electron chi connectivity index (χ0n) is 11.9. The summed E-state index contributed by atoms with van der Waals surface area (Å²) in [4.78, 5) is 2.05. The first-order valence-corrected chi connectivity index (χ1v) is 9.08. The summed E-state index contributed by atoms with van der Waals surface area (Å²) in [5.74, 6) is 0. The molecule has 2 aromatic rings. The Morgan fingerprint density at radius 1 is 1.04 bits per heavy atom. The van der Waals surface area contributed by atoms with E-state index in [1.54, 1.807) is 4.83 Å². The number of halogens is 3. The molecule has 0 spiro atoms. The number of aryl methyl sites for hydroxylation is 1. The third-order valence-corrected chi connectivity index (χ3v) is 5.35. The molecular weight excluding hydrogens is 373 g/mol. The average molecular weight is 384 g/mol. The van der Waals surface area contributed by atoms with Crippen molar-refractivity contribution in [2.45, 2.75) is 16.0 Å². The molecule has 132 valence electrons. The van der Waals surface area contributed by atoms with E-state index in [1.807, 2.05) is 0 Å². The Morgan fingerprint density at radius 2 is 1.62 bits per heavy atom. The van der Waals surface area contributed by atoms with Crippen LogP contribution in [0.15, 0.2) is 46.5 Å². The maximum Gasteiger partial charge on any atom is 0.416 e. The fourth-order valence-corrected chi connectivity index (χ4v) is 3.74. The van der Waals surface area contributed by atoms with Crippen molar-refractivity contribution >= 4 is 20.0 Å². The maximum atomic E-state index is 12.6. The van der Waals surface area contributed by atoms with E-state index in [4.69, 9.17) is 0 Å². The summed E-state index contributed by atoms with van der Waals surface area (Å²) in [5, 5.41) is 3.62. The molecule has 24 heavy (non-hydrogen) atoms. The van der Waals surface area contributed by atoms with Gasteiger partial charge in [0.05, 0.1) is 16.7 Å². The van der Waals surface area contributed by atoms with Crippen LogP contribution in [0, 0.1) is 0 Å². The number of rotatable bonds is 5. The van der Waals surface area contributed by atoms with Gasteiger partial charge < -0.3 is 0 Å². The smallest absolute Gasteiger partial charge is 0.274 e. The second-order valence-electron chi connectivity index (χ2n) is 4.59. The molecule has 1 heterocycles. The average Bonchev–Trinajstić information content (AvgIpc) is 2.92. The molecule has 1 aromatic carbocycles. The lowest BCUT2D eigenvalue weighted by molar-refractivity contribution is -0.137. The van der Waals surface area contributed by atoms with Crippen LogP contribution >= 0.6 is 0 Å². The summed E-state index contributed by atoms with van der Waals surface area (Å²) < 4.78 is 86.7. The van der Waals surface area contributed by atoms with E-state index >= 15 is 0 Å². The summed E-state index contributed by atoms with van der Waals surface area (Å²) in [6.07, 6.45) is -2.65. The van der Waals surface area contributed by atoms with Crippen LogP contribution in [0.1, 0.15) is 5.56 Å². The minimum atomic E-state index is -4.74. The van der Waals surface area contributed by atoms with Crippen molar-refractivity contribution in [3.05, 3.63) is 42.2 Å². The first kappa shape index (κ1) is 18.4. The van der Waals surface area contributed by atoms with Crippen molar-refractivity contribution in [1.82, 2.24) is 19.4 Å². The van der Waals surface area contributed by atoms with Gasteiger partial charge in [-0.1, -0.05) is 6.07 Å². The van der Waals surface area contributed by atoms with Gasteiger partial charge in [0.15, 0.2) is 0 Å². The van der Waals surface area contributed by atoms with Crippen molar-refractivity contribution in [1.29, 1.82) is 0 Å². The van der Waals surface area contributed by atoms with E-state index in [-0.39, 0.29) is 4.90 Å². The first-order chi connectivity index (χ1) is 10.9. The largest absolute Gasteiger partial charge is 0.416 e. The fourth-order valence-electron chi connectivity index (χ4n) is 1.60. The number of aromatic nitrogens is 2. The molecular formula is C11H11F3N4O4S2. The van der Waals surface area contributed by atoms with Crippen molar-refractivity contribution in [2.75, 3.05) is 0 Å². The third kappa shape index (κ3) is 4.11. The summed E-state index contributed by atoms with van der Waals surface area (Å²) >= 11 is 0. The lowest BCUT2D eigenvalue weighted by Gasteiger charge is -2.11. The monoisotopic (exact) mass is 384 g/mol. The molecule has 0 atom stereocenters. The number of alkyl halides is 3. The highest BCUT2D eigenvalue weighted by molar-refractivity contribution is 7.92. The van der Waals surface area contributed by atoms with E-state index < -0.39 is 36.7 Å². The highest BCUT2D eigenvalue weighted by Gasteiger charge is 2.32. The molecule has 0 saturated heterocycles. The van der Waals surface area contributed by atoms with Crippen LogP contribution in [0.4, 0.5) is 13.2 Å². The van der Waals surface area contributed by atoms with Crippen LogP contribution in [-0.4, -0.2) is 26.6 Å². The molecule has 2 rings (SSSR count). The molecule has 0 radical (unpaired) electrons. The zero-order valence-corrected chi connectivity index (χ0v) is 13.6. The van der Waals surface area contributed by atoms with Crippen molar-refractivity contribution < 1.29 is 30.0 Å². The lowest BCUT2D eigenvalue weighted by atomic mass is 10.2. The third-order valence-electron chi connectivity index (χ3n) is 2.77. The minimum absolute atomic E-state index is 0.322. The molecule has 0 fully saturated rings.